The van der Waals surface area contributed by atoms with Crippen molar-refractivity contribution in [1.29, 1.82) is 5.26 Å². The molecule has 1 N–H and O–H groups in total. The van der Waals surface area contributed by atoms with Crippen LogP contribution in [0.4, 0.5) is 5.69 Å². The van der Waals surface area contributed by atoms with E-state index in [-0.39, 0.29) is 5.41 Å². The number of rotatable bonds is 4. The van der Waals surface area contributed by atoms with E-state index in [0.717, 1.165) is 33.7 Å². The highest BCUT2D eigenvalue weighted by Crippen LogP contribution is 2.29. The van der Waals surface area contributed by atoms with Crippen molar-refractivity contribution in [2.24, 2.45) is 5.41 Å². The van der Waals surface area contributed by atoms with Gasteiger partial charge in [0.15, 0.2) is 0 Å². The van der Waals surface area contributed by atoms with E-state index in [0.29, 0.717) is 0 Å². The maximum absolute atomic E-state index is 8.92. The van der Waals surface area contributed by atoms with Gasteiger partial charge in [-0.1, -0.05) is 11.6 Å². The summed E-state index contributed by atoms with van der Waals surface area (Å²) in [5, 5.41) is 13.0. The Hall–Kier alpha value is -0.720. The summed E-state index contributed by atoms with van der Waals surface area (Å²) in [6.07, 6.45) is 0.793. The minimum Gasteiger partial charge on any atom is -0.384 e. The van der Waals surface area contributed by atoms with Crippen LogP contribution in [0.15, 0.2) is 16.6 Å². The third-order valence-electron chi connectivity index (χ3n) is 2.62. The van der Waals surface area contributed by atoms with E-state index in [1.54, 1.807) is 0 Å². The Balaban J connectivity index is 2.65. The normalized spacial score (nSPS) is 11.1. The Bertz CT molecular complexity index is 449. The minimum atomic E-state index is -0.298. The summed E-state index contributed by atoms with van der Waals surface area (Å²) in [5.74, 6) is 0. The fourth-order valence-electron chi connectivity index (χ4n) is 1.35. The molecule has 0 aromatic heterocycles. The van der Waals surface area contributed by atoms with E-state index in [2.05, 4.69) is 27.3 Å². The molecule has 0 aliphatic rings. The molecule has 0 fully saturated rings. The van der Waals surface area contributed by atoms with Gasteiger partial charge in [-0.2, -0.15) is 5.26 Å². The maximum Gasteiger partial charge on any atom is 0.0684 e. The lowest BCUT2D eigenvalue weighted by Gasteiger charge is -2.16. The molecule has 0 aliphatic carbocycles. The van der Waals surface area contributed by atoms with Crippen molar-refractivity contribution < 1.29 is 0 Å². The summed E-state index contributed by atoms with van der Waals surface area (Å²) in [6, 6.07) is 6.17. The first-order valence-electron chi connectivity index (χ1n) is 5.46. The lowest BCUT2D eigenvalue weighted by Crippen LogP contribution is -2.14. The summed E-state index contributed by atoms with van der Waals surface area (Å²) < 4.78 is 0.995. The summed E-state index contributed by atoms with van der Waals surface area (Å²) in [4.78, 5) is 0. The second-order valence-corrected chi connectivity index (χ2v) is 6.02. The lowest BCUT2D eigenvalue weighted by atomic mass is 9.91. The quantitative estimate of drug-likeness (QED) is 0.869. The molecule has 2 nitrogen and oxygen atoms in total. The number of nitrogens with zero attached hydrogens (tertiary/aromatic N) is 1. The molecule has 0 spiro atoms. The maximum atomic E-state index is 8.92. The van der Waals surface area contributed by atoms with Crippen LogP contribution in [0.2, 0.25) is 5.02 Å². The Morgan fingerprint density at radius 2 is 2.12 bits per heavy atom. The molecule has 0 amide bonds. The van der Waals surface area contributed by atoms with Gasteiger partial charge in [0, 0.05) is 21.7 Å². The molecular formula is C13H16BrClN2. The molecule has 17 heavy (non-hydrogen) atoms. The van der Waals surface area contributed by atoms with E-state index in [9.17, 15) is 0 Å². The van der Waals surface area contributed by atoms with E-state index in [1.165, 1.54) is 0 Å². The fourth-order valence-corrected chi connectivity index (χ4v) is 2.11. The first kappa shape index (κ1) is 14.3. The number of nitriles is 1. The number of hydrogen-bond donors (Lipinski definition) is 1. The third-order valence-corrected chi connectivity index (χ3v) is 3.68. The molecule has 0 saturated carbocycles. The Kier molecular flexibility index (Phi) is 4.85. The summed E-state index contributed by atoms with van der Waals surface area (Å²) >= 11 is 9.56. The first-order valence-corrected chi connectivity index (χ1v) is 6.63. The highest BCUT2D eigenvalue weighted by atomic mass is 79.9. The molecule has 0 atom stereocenters. The number of benzene rings is 1. The van der Waals surface area contributed by atoms with Gasteiger partial charge in [0.1, 0.15) is 0 Å². The van der Waals surface area contributed by atoms with E-state index in [4.69, 9.17) is 16.9 Å². The van der Waals surface area contributed by atoms with Crippen LogP contribution in [0.5, 0.6) is 0 Å². The molecule has 0 heterocycles. The van der Waals surface area contributed by atoms with Crippen LogP contribution in [0.3, 0.4) is 0 Å². The third kappa shape index (κ3) is 4.22. The number of hydrogen-bond acceptors (Lipinski definition) is 2. The average molecular weight is 316 g/mol. The zero-order valence-corrected chi connectivity index (χ0v) is 12.6. The van der Waals surface area contributed by atoms with Gasteiger partial charge in [0.05, 0.1) is 11.5 Å². The molecule has 92 valence electrons. The largest absolute Gasteiger partial charge is 0.384 e. The number of anilines is 1. The number of halogens is 2. The zero-order chi connectivity index (χ0) is 13.1. The van der Waals surface area contributed by atoms with Crippen LogP contribution < -0.4 is 5.32 Å². The predicted octanol–water partition coefficient (Wildman–Crippen LogP) is 4.76. The summed E-state index contributed by atoms with van der Waals surface area (Å²) in [6.45, 7) is 6.59. The second-order valence-electron chi connectivity index (χ2n) is 4.75. The zero-order valence-electron chi connectivity index (χ0n) is 10.3. The van der Waals surface area contributed by atoms with Gasteiger partial charge in [-0.15, -0.1) is 0 Å². The Morgan fingerprint density at radius 3 is 2.71 bits per heavy atom. The Labute approximate surface area is 116 Å². The van der Waals surface area contributed by atoms with Gasteiger partial charge >= 0.3 is 0 Å². The van der Waals surface area contributed by atoms with Gasteiger partial charge in [0.25, 0.3) is 0 Å². The van der Waals surface area contributed by atoms with Crippen LogP contribution >= 0.6 is 27.5 Å². The molecule has 0 bridgehead atoms. The van der Waals surface area contributed by atoms with Gasteiger partial charge < -0.3 is 5.32 Å². The van der Waals surface area contributed by atoms with Crippen molar-refractivity contribution in [3.05, 3.63) is 27.2 Å². The van der Waals surface area contributed by atoms with E-state index in [1.807, 2.05) is 32.9 Å². The standard InChI is InChI=1S/C13H16BrClN2/c1-9-6-10(14)12(7-11(9)15)17-5-4-13(2,3)8-16/h6-7,17H,4-5H2,1-3H3. The smallest absolute Gasteiger partial charge is 0.0684 e. The molecule has 0 radical (unpaired) electrons. The molecule has 1 rings (SSSR count). The van der Waals surface area contributed by atoms with Crippen molar-refractivity contribution in [2.75, 3.05) is 11.9 Å². The topological polar surface area (TPSA) is 35.8 Å². The van der Waals surface area contributed by atoms with Crippen molar-refractivity contribution >= 4 is 33.2 Å². The van der Waals surface area contributed by atoms with Gasteiger partial charge in [-0.25, -0.2) is 0 Å². The molecule has 1 aromatic rings. The first-order chi connectivity index (χ1) is 7.85. The van der Waals surface area contributed by atoms with Crippen LogP contribution in [0, 0.1) is 23.7 Å². The van der Waals surface area contributed by atoms with E-state index >= 15 is 0 Å². The minimum absolute atomic E-state index is 0.298. The highest BCUT2D eigenvalue weighted by Gasteiger charge is 2.15. The predicted molar refractivity (Wildman–Crippen MR) is 76.4 cm³/mol. The van der Waals surface area contributed by atoms with Gasteiger partial charge in [-0.3, -0.25) is 0 Å². The van der Waals surface area contributed by atoms with Crippen LogP contribution in [-0.2, 0) is 0 Å². The average Bonchev–Trinajstić information content (AvgIpc) is 2.25. The Morgan fingerprint density at radius 1 is 1.47 bits per heavy atom. The van der Waals surface area contributed by atoms with Crippen LogP contribution in [0.25, 0.3) is 0 Å². The van der Waals surface area contributed by atoms with Gasteiger partial charge in [-0.05, 0) is 60.8 Å². The summed E-state index contributed by atoms with van der Waals surface area (Å²) in [7, 11) is 0. The van der Waals surface area contributed by atoms with Crippen LogP contribution in [0.1, 0.15) is 25.8 Å². The van der Waals surface area contributed by atoms with Crippen molar-refractivity contribution in [3.63, 3.8) is 0 Å². The van der Waals surface area contributed by atoms with Crippen molar-refractivity contribution in [2.45, 2.75) is 27.2 Å². The molecule has 4 heteroatoms. The van der Waals surface area contributed by atoms with Gasteiger partial charge in [0.2, 0.25) is 0 Å². The monoisotopic (exact) mass is 314 g/mol. The molecule has 0 unspecified atom stereocenters. The molecule has 1 aromatic carbocycles. The number of aryl methyl sites for hydroxylation is 1. The van der Waals surface area contributed by atoms with Crippen molar-refractivity contribution in [1.82, 2.24) is 0 Å². The summed E-state index contributed by atoms with van der Waals surface area (Å²) in [5.41, 5.74) is 1.71. The molecule has 0 aliphatic heterocycles. The molecule has 0 saturated heterocycles. The van der Waals surface area contributed by atoms with Crippen LogP contribution in [-0.4, -0.2) is 6.54 Å². The van der Waals surface area contributed by atoms with Crippen molar-refractivity contribution in [3.8, 4) is 6.07 Å². The lowest BCUT2D eigenvalue weighted by molar-refractivity contribution is 0.466. The highest BCUT2D eigenvalue weighted by molar-refractivity contribution is 9.10. The SMILES string of the molecule is Cc1cc(Br)c(NCCC(C)(C)C#N)cc1Cl. The van der Waals surface area contributed by atoms with E-state index < -0.39 is 0 Å². The number of nitrogens with one attached hydrogen (secondary N) is 1. The molecular weight excluding hydrogens is 300 g/mol. The fraction of sp³-hybridized carbons (Fsp3) is 0.462. The second kappa shape index (κ2) is 5.75.